The minimum absolute atomic E-state index is 0.315. The van der Waals surface area contributed by atoms with Gasteiger partial charge >= 0.3 is 5.97 Å². The maximum atomic E-state index is 11.4. The van der Waals surface area contributed by atoms with E-state index in [4.69, 9.17) is 0 Å². The van der Waals surface area contributed by atoms with Gasteiger partial charge in [-0.05, 0) is 23.3 Å². The minimum Gasteiger partial charge on any atom is -0.465 e. The number of carbonyl (C=O) groups excluding carboxylic acids is 1. The van der Waals surface area contributed by atoms with Crippen LogP contribution in [0.3, 0.4) is 0 Å². The SMILES string of the molecule is COC(=O)C1=CC=C2C=CC=CC=C2C=C1. The van der Waals surface area contributed by atoms with Crippen LogP contribution < -0.4 is 0 Å². The molecular weight excluding hydrogens is 200 g/mol. The lowest BCUT2D eigenvalue weighted by Gasteiger charge is -1.98. The highest BCUT2D eigenvalue weighted by Crippen LogP contribution is 2.20. The molecule has 2 rings (SSSR count). The molecule has 0 unspecified atom stereocenters. The van der Waals surface area contributed by atoms with E-state index in [1.165, 1.54) is 7.11 Å². The first-order valence-corrected chi connectivity index (χ1v) is 5.05. The Morgan fingerprint density at radius 1 is 0.938 bits per heavy atom. The van der Waals surface area contributed by atoms with Gasteiger partial charge in [-0.25, -0.2) is 4.79 Å². The van der Waals surface area contributed by atoms with E-state index in [1.54, 1.807) is 12.2 Å². The molecule has 0 aliphatic heterocycles. The predicted octanol–water partition coefficient (Wildman–Crippen LogP) is 2.63. The Morgan fingerprint density at radius 2 is 1.75 bits per heavy atom. The van der Waals surface area contributed by atoms with Crippen molar-refractivity contribution in [2.75, 3.05) is 7.11 Å². The molecule has 2 heteroatoms. The lowest BCUT2D eigenvalue weighted by molar-refractivity contribution is -0.135. The first kappa shape index (κ1) is 10.4. The maximum absolute atomic E-state index is 11.4. The highest BCUT2D eigenvalue weighted by molar-refractivity contribution is 5.92. The number of methoxy groups -OCH3 is 1. The van der Waals surface area contributed by atoms with E-state index in [9.17, 15) is 4.79 Å². The Hall–Kier alpha value is -2.09. The standard InChI is InChI=1S/C14H12O2/c1-16-14(15)13-9-7-11-5-3-2-4-6-12(11)8-10-13/h2-10H,1H3. The Morgan fingerprint density at radius 3 is 2.56 bits per heavy atom. The average Bonchev–Trinajstić information content (AvgIpc) is 2.62. The third-order valence-electron chi connectivity index (χ3n) is 2.41. The molecule has 0 aromatic heterocycles. The summed E-state index contributed by atoms with van der Waals surface area (Å²) < 4.78 is 4.68. The van der Waals surface area contributed by atoms with Gasteiger partial charge in [0.1, 0.15) is 0 Å². The van der Waals surface area contributed by atoms with Crippen molar-refractivity contribution in [3.8, 4) is 0 Å². The Labute approximate surface area is 94.6 Å². The van der Waals surface area contributed by atoms with Gasteiger partial charge in [0.05, 0.1) is 12.7 Å². The van der Waals surface area contributed by atoms with Crippen LogP contribution in [0.1, 0.15) is 0 Å². The zero-order valence-electron chi connectivity index (χ0n) is 9.01. The lowest BCUT2D eigenvalue weighted by Crippen LogP contribution is -2.01. The molecule has 0 heterocycles. The molecule has 2 aliphatic carbocycles. The molecule has 0 saturated heterocycles. The number of rotatable bonds is 1. The molecule has 2 nitrogen and oxygen atoms in total. The van der Waals surface area contributed by atoms with Crippen molar-refractivity contribution in [1.29, 1.82) is 0 Å². The van der Waals surface area contributed by atoms with E-state index >= 15 is 0 Å². The molecule has 0 N–H and O–H groups in total. The smallest absolute Gasteiger partial charge is 0.337 e. The van der Waals surface area contributed by atoms with Crippen LogP contribution in [0.25, 0.3) is 0 Å². The van der Waals surface area contributed by atoms with Gasteiger partial charge in [-0.3, -0.25) is 0 Å². The topological polar surface area (TPSA) is 26.3 Å². The molecule has 16 heavy (non-hydrogen) atoms. The molecule has 0 fully saturated rings. The van der Waals surface area contributed by atoms with E-state index in [-0.39, 0.29) is 5.97 Å². The number of esters is 1. The molecule has 0 aromatic rings. The average molecular weight is 212 g/mol. The van der Waals surface area contributed by atoms with E-state index in [2.05, 4.69) is 4.74 Å². The van der Waals surface area contributed by atoms with Crippen LogP contribution >= 0.6 is 0 Å². The summed E-state index contributed by atoms with van der Waals surface area (Å²) in [5.41, 5.74) is 2.72. The number of hydrogen-bond donors (Lipinski definition) is 0. The van der Waals surface area contributed by atoms with Gasteiger partial charge in [0.2, 0.25) is 0 Å². The fraction of sp³-hybridized carbons (Fsp3) is 0.0714. The molecule has 0 aromatic carbocycles. The molecule has 2 aliphatic rings. The molecular formula is C14H12O2. The highest BCUT2D eigenvalue weighted by atomic mass is 16.5. The summed E-state index contributed by atoms with van der Waals surface area (Å²) in [6.45, 7) is 0. The molecule has 0 radical (unpaired) electrons. The fourth-order valence-electron chi connectivity index (χ4n) is 1.55. The van der Waals surface area contributed by atoms with Crippen LogP contribution in [-0.2, 0) is 9.53 Å². The van der Waals surface area contributed by atoms with Gasteiger partial charge in [0, 0.05) is 0 Å². The number of fused-ring (bicyclic) bond motifs is 1. The van der Waals surface area contributed by atoms with Crippen LogP contribution in [0, 0.1) is 0 Å². The molecule has 80 valence electrons. The van der Waals surface area contributed by atoms with Crippen molar-refractivity contribution in [1.82, 2.24) is 0 Å². The number of carbonyl (C=O) groups is 1. The Bertz CT molecular complexity index is 483. The zero-order chi connectivity index (χ0) is 11.4. The molecule has 0 bridgehead atoms. The maximum Gasteiger partial charge on any atom is 0.337 e. The number of allylic oxidation sites excluding steroid dienone is 10. The fourth-order valence-corrected chi connectivity index (χ4v) is 1.55. The van der Waals surface area contributed by atoms with Crippen LogP contribution in [0.2, 0.25) is 0 Å². The molecule has 0 spiro atoms. The minimum atomic E-state index is -0.315. The normalized spacial score (nSPS) is 17.7. The summed E-state index contributed by atoms with van der Waals surface area (Å²) in [4.78, 5) is 11.4. The molecule has 0 amide bonds. The predicted molar refractivity (Wildman–Crippen MR) is 63.7 cm³/mol. The van der Waals surface area contributed by atoms with Gasteiger partial charge < -0.3 is 4.74 Å². The van der Waals surface area contributed by atoms with Crippen molar-refractivity contribution in [2.45, 2.75) is 0 Å². The lowest BCUT2D eigenvalue weighted by atomic mass is 10.1. The largest absolute Gasteiger partial charge is 0.465 e. The second kappa shape index (κ2) is 4.62. The number of hydrogen-bond acceptors (Lipinski definition) is 2. The summed E-state index contributed by atoms with van der Waals surface area (Å²) in [7, 11) is 1.38. The Balaban J connectivity index is 2.38. The Kier molecular flexibility index (Phi) is 3.01. The van der Waals surface area contributed by atoms with Crippen molar-refractivity contribution in [3.05, 3.63) is 71.4 Å². The summed E-state index contributed by atoms with van der Waals surface area (Å²) in [5.74, 6) is -0.315. The highest BCUT2D eigenvalue weighted by Gasteiger charge is 2.09. The molecule has 0 saturated carbocycles. The van der Waals surface area contributed by atoms with Gasteiger partial charge in [-0.2, -0.15) is 0 Å². The summed E-state index contributed by atoms with van der Waals surface area (Å²) in [6, 6.07) is 0. The summed E-state index contributed by atoms with van der Waals surface area (Å²) >= 11 is 0. The second-order valence-corrected chi connectivity index (χ2v) is 3.43. The number of ether oxygens (including phenoxy) is 1. The van der Waals surface area contributed by atoms with Gasteiger partial charge in [-0.1, -0.05) is 42.5 Å². The van der Waals surface area contributed by atoms with E-state index in [0.717, 1.165) is 11.1 Å². The van der Waals surface area contributed by atoms with Gasteiger partial charge in [0.25, 0.3) is 0 Å². The van der Waals surface area contributed by atoms with Gasteiger partial charge in [-0.15, -0.1) is 0 Å². The van der Waals surface area contributed by atoms with E-state index in [0.29, 0.717) is 5.57 Å². The third kappa shape index (κ3) is 2.11. The van der Waals surface area contributed by atoms with Crippen molar-refractivity contribution in [2.24, 2.45) is 0 Å². The second-order valence-electron chi connectivity index (χ2n) is 3.43. The van der Waals surface area contributed by atoms with Gasteiger partial charge in [0.15, 0.2) is 0 Å². The summed E-state index contributed by atoms with van der Waals surface area (Å²) in [5, 5.41) is 0. The van der Waals surface area contributed by atoms with Crippen LogP contribution in [0.5, 0.6) is 0 Å². The monoisotopic (exact) mass is 212 g/mol. The van der Waals surface area contributed by atoms with Crippen LogP contribution in [0.15, 0.2) is 71.4 Å². The van der Waals surface area contributed by atoms with Crippen LogP contribution in [0.4, 0.5) is 0 Å². The first-order valence-electron chi connectivity index (χ1n) is 5.05. The van der Waals surface area contributed by atoms with Crippen molar-refractivity contribution < 1.29 is 9.53 Å². The quantitative estimate of drug-likeness (QED) is 0.624. The van der Waals surface area contributed by atoms with Crippen molar-refractivity contribution >= 4 is 5.97 Å². The van der Waals surface area contributed by atoms with Crippen LogP contribution in [-0.4, -0.2) is 13.1 Å². The molecule has 0 atom stereocenters. The van der Waals surface area contributed by atoms with E-state index in [1.807, 2.05) is 42.5 Å². The third-order valence-corrected chi connectivity index (χ3v) is 2.41. The first-order chi connectivity index (χ1) is 7.81. The van der Waals surface area contributed by atoms with Crippen molar-refractivity contribution in [3.63, 3.8) is 0 Å². The zero-order valence-corrected chi connectivity index (χ0v) is 9.01. The van der Waals surface area contributed by atoms with E-state index < -0.39 is 0 Å². The summed E-state index contributed by atoms with van der Waals surface area (Å²) in [6.07, 6.45) is 17.3.